The van der Waals surface area contributed by atoms with Gasteiger partial charge in [-0.15, -0.1) is 10.1 Å². The van der Waals surface area contributed by atoms with Crippen molar-refractivity contribution in [1.29, 1.82) is 0 Å². The lowest BCUT2D eigenvalue weighted by Crippen LogP contribution is -2.12. The van der Waals surface area contributed by atoms with Crippen molar-refractivity contribution in [2.24, 2.45) is 11.8 Å². The average molecular weight is 247 g/mol. The van der Waals surface area contributed by atoms with Gasteiger partial charge in [0.25, 0.3) is 0 Å². The van der Waals surface area contributed by atoms with E-state index in [2.05, 4.69) is 27.7 Å². The van der Waals surface area contributed by atoms with Gasteiger partial charge in [0.1, 0.15) is 0 Å². The van der Waals surface area contributed by atoms with Gasteiger partial charge in [-0.05, 0) is 34.6 Å². The van der Waals surface area contributed by atoms with Crippen molar-refractivity contribution in [2.45, 2.75) is 27.7 Å². The van der Waals surface area contributed by atoms with E-state index in [1.54, 1.807) is 0 Å². The number of halogens is 1. The Morgan fingerprint density at radius 3 is 1.54 bits per heavy atom. The summed E-state index contributed by atoms with van der Waals surface area (Å²) in [6, 6.07) is 0. The molecule has 5 heteroatoms. The number of rotatable bonds is 4. The third kappa shape index (κ3) is 6.98. The van der Waals surface area contributed by atoms with Gasteiger partial charge in [-0.2, -0.15) is 0 Å². The highest BCUT2D eigenvalue weighted by Gasteiger charge is 2.15. The molecule has 2 nitrogen and oxygen atoms in total. The van der Waals surface area contributed by atoms with Crippen LogP contribution >= 0.6 is 17.1 Å². The minimum Gasteiger partial charge on any atom is -0.338 e. The molecule has 2 N–H and O–H groups in total. The van der Waals surface area contributed by atoms with E-state index in [9.17, 15) is 9.79 Å². The molecule has 0 aliphatic heterocycles. The molecule has 0 fully saturated rings. The standard InChI is InChI=1S/C8H20ClO2PS/c1-7(2)5-13(6-8(3)4)12(9,10)11/h7-8,10-11H,5-6H2,1-4H3. The van der Waals surface area contributed by atoms with Gasteiger partial charge in [0.05, 0.1) is 0 Å². The first kappa shape index (κ1) is 14.0. The van der Waals surface area contributed by atoms with Crippen LogP contribution in [-0.4, -0.2) is 21.3 Å². The van der Waals surface area contributed by atoms with E-state index in [-0.39, 0.29) is 0 Å². The van der Waals surface area contributed by atoms with Crippen LogP contribution < -0.4 is 0 Å². The summed E-state index contributed by atoms with van der Waals surface area (Å²) in [4.78, 5) is 18.8. The SMILES string of the molecule is CC(C)CS(CC(C)C)=P(O)(O)Cl. The van der Waals surface area contributed by atoms with Crippen LogP contribution in [0, 0.1) is 11.8 Å². The maximum absolute atomic E-state index is 9.42. The largest absolute Gasteiger partial charge is 0.338 e. The fourth-order valence-electron chi connectivity index (χ4n) is 1.03. The highest BCUT2D eigenvalue weighted by Crippen LogP contribution is 2.48. The van der Waals surface area contributed by atoms with Crippen LogP contribution in [0.4, 0.5) is 0 Å². The van der Waals surface area contributed by atoms with E-state index in [4.69, 9.17) is 11.2 Å². The van der Waals surface area contributed by atoms with E-state index in [0.29, 0.717) is 11.8 Å². The fourth-order valence-corrected chi connectivity index (χ4v) is 7.02. The molecule has 0 aliphatic rings. The summed E-state index contributed by atoms with van der Waals surface area (Å²) in [5.41, 5.74) is 0. The van der Waals surface area contributed by atoms with Crippen molar-refractivity contribution >= 4 is 27.2 Å². The van der Waals surface area contributed by atoms with Crippen molar-refractivity contribution in [3.05, 3.63) is 0 Å². The van der Waals surface area contributed by atoms with E-state index in [1.165, 1.54) is 0 Å². The molecule has 0 aliphatic carbocycles. The van der Waals surface area contributed by atoms with Crippen molar-refractivity contribution in [1.82, 2.24) is 0 Å². The predicted octanol–water partition coefficient (Wildman–Crippen LogP) is 2.82. The molecular weight excluding hydrogens is 227 g/mol. The zero-order chi connectivity index (χ0) is 10.6. The molecule has 0 saturated heterocycles. The first-order chi connectivity index (χ1) is 5.73. The topological polar surface area (TPSA) is 40.5 Å². The van der Waals surface area contributed by atoms with E-state index >= 15 is 0 Å². The maximum Gasteiger partial charge on any atom is 0.235 e. The molecule has 0 aromatic rings. The Morgan fingerprint density at radius 1 is 1.08 bits per heavy atom. The quantitative estimate of drug-likeness (QED) is 0.749. The molecule has 0 aromatic carbocycles. The van der Waals surface area contributed by atoms with Crippen LogP contribution in [0.2, 0.25) is 0 Å². The monoisotopic (exact) mass is 246 g/mol. The van der Waals surface area contributed by atoms with Crippen LogP contribution in [0.25, 0.3) is 0 Å². The van der Waals surface area contributed by atoms with Gasteiger partial charge in [-0.1, -0.05) is 27.7 Å². The summed E-state index contributed by atoms with van der Waals surface area (Å²) >= 11 is 5.62. The highest BCUT2D eigenvalue weighted by molar-refractivity contribution is 8.37. The second-order valence-corrected chi connectivity index (χ2v) is 11.7. The third-order valence-electron chi connectivity index (χ3n) is 1.38. The first-order valence-corrected chi connectivity index (χ1v) is 9.22. The van der Waals surface area contributed by atoms with E-state index in [1.807, 2.05) is 0 Å². The van der Waals surface area contributed by atoms with Gasteiger partial charge >= 0.3 is 0 Å². The number of hydrogen-bond acceptors (Lipinski definition) is 0. The smallest absolute Gasteiger partial charge is 0.235 e. The van der Waals surface area contributed by atoms with Crippen LogP contribution in [0.15, 0.2) is 0 Å². The molecule has 82 valence electrons. The second kappa shape index (κ2) is 5.77. The van der Waals surface area contributed by atoms with Gasteiger partial charge in [-0.3, -0.25) is 0 Å². The zero-order valence-electron chi connectivity index (χ0n) is 8.70. The maximum atomic E-state index is 9.42. The summed E-state index contributed by atoms with van der Waals surface area (Å²) in [6.07, 6.45) is 0. The van der Waals surface area contributed by atoms with E-state index < -0.39 is 15.9 Å². The minimum absolute atomic E-state index is 0.414. The molecule has 0 radical (unpaired) electrons. The normalized spacial score (nSPS) is 13.4. The molecule has 0 spiro atoms. The van der Waals surface area contributed by atoms with Crippen molar-refractivity contribution in [3.8, 4) is 0 Å². The van der Waals surface area contributed by atoms with Crippen molar-refractivity contribution in [3.63, 3.8) is 0 Å². The Morgan fingerprint density at radius 2 is 1.38 bits per heavy atom. The molecule has 0 unspecified atom stereocenters. The number of hydrogen-bond donors (Lipinski definition) is 2. The Labute approximate surface area is 88.2 Å². The van der Waals surface area contributed by atoms with Gasteiger partial charge in [0.2, 0.25) is 5.84 Å². The van der Waals surface area contributed by atoms with Crippen LogP contribution in [0.1, 0.15) is 27.7 Å². The Balaban J connectivity index is 4.58. The summed E-state index contributed by atoms with van der Waals surface area (Å²) in [5.74, 6) is -0.546. The summed E-state index contributed by atoms with van der Waals surface area (Å²) in [6.45, 7) is 8.31. The van der Waals surface area contributed by atoms with Gasteiger partial charge in [-0.25, -0.2) is 0 Å². The van der Waals surface area contributed by atoms with Crippen molar-refractivity contribution in [2.75, 3.05) is 11.5 Å². The fraction of sp³-hybridized carbons (Fsp3) is 1.00. The first-order valence-electron chi connectivity index (χ1n) is 4.45. The van der Waals surface area contributed by atoms with Gasteiger partial charge < -0.3 is 9.79 Å². The lowest BCUT2D eigenvalue weighted by atomic mass is 10.3. The molecule has 0 rings (SSSR count). The molecule has 13 heavy (non-hydrogen) atoms. The average Bonchev–Trinajstić information content (AvgIpc) is 1.81. The third-order valence-corrected chi connectivity index (χ3v) is 8.76. The zero-order valence-corrected chi connectivity index (χ0v) is 11.2. The van der Waals surface area contributed by atoms with E-state index in [0.717, 1.165) is 11.5 Å². The molecular formula is C8H20ClO2PS. The molecule has 0 heterocycles. The van der Waals surface area contributed by atoms with Gasteiger partial charge in [0, 0.05) is 0 Å². The lowest BCUT2D eigenvalue weighted by Gasteiger charge is -2.18. The minimum atomic E-state index is -3.13. The van der Waals surface area contributed by atoms with Crippen LogP contribution in [0.5, 0.6) is 0 Å². The van der Waals surface area contributed by atoms with Gasteiger partial charge in [0.15, 0.2) is 0 Å². The Kier molecular flexibility index (Phi) is 6.21. The molecule has 0 aromatic heterocycles. The molecule has 0 atom stereocenters. The van der Waals surface area contributed by atoms with Crippen LogP contribution in [0.3, 0.4) is 0 Å². The lowest BCUT2D eigenvalue weighted by molar-refractivity contribution is 0.499. The summed E-state index contributed by atoms with van der Waals surface area (Å²) in [7, 11) is -0.414. The predicted molar refractivity (Wildman–Crippen MR) is 64.0 cm³/mol. The van der Waals surface area contributed by atoms with Crippen LogP contribution in [-0.2, 0) is 10.1 Å². The Bertz CT molecular complexity index is 190. The molecule has 0 amide bonds. The molecule has 0 bridgehead atoms. The summed E-state index contributed by atoms with van der Waals surface area (Å²) < 4.78 is 0. The summed E-state index contributed by atoms with van der Waals surface area (Å²) in [5, 5.41) is 0. The highest BCUT2D eigenvalue weighted by atomic mass is 35.7. The second-order valence-electron chi connectivity index (χ2n) is 4.06. The van der Waals surface area contributed by atoms with Crippen molar-refractivity contribution < 1.29 is 9.79 Å². The Hall–Kier alpha value is 0.990. The molecule has 0 saturated carbocycles.